The molecular formula is C16H16F3N7. The number of hydrogen-bond donors (Lipinski definition) is 0. The Balaban J connectivity index is 1.51. The van der Waals surface area contributed by atoms with Gasteiger partial charge >= 0.3 is 6.18 Å². The number of halogens is 3. The standard InChI is InChI=1S/C16H16F3N7/c1-10-21-22-13-5-6-14(23-26(10)13)25-8-11(9-25)24(2)15-12(16(17,18)19)4-3-7-20-15/h3-7,11H,8-9H2,1-2H3. The number of likely N-dealkylation sites (N-methyl/N-ethyl adjacent to an activating group) is 1. The predicted molar refractivity (Wildman–Crippen MR) is 89.2 cm³/mol. The first kappa shape index (κ1) is 16.6. The number of fused-ring (bicyclic) bond motifs is 1. The molecule has 0 aliphatic carbocycles. The van der Waals surface area contributed by atoms with Crippen LogP contribution in [0.15, 0.2) is 30.5 Å². The third kappa shape index (κ3) is 2.71. The first-order valence-electron chi connectivity index (χ1n) is 8.03. The van der Waals surface area contributed by atoms with Crippen LogP contribution in [-0.4, -0.2) is 51.0 Å². The molecule has 1 saturated heterocycles. The van der Waals surface area contributed by atoms with Crippen LogP contribution in [-0.2, 0) is 6.18 Å². The number of aryl methyl sites for hydroxylation is 1. The van der Waals surface area contributed by atoms with E-state index in [1.54, 1.807) is 16.5 Å². The summed E-state index contributed by atoms with van der Waals surface area (Å²) in [7, 11) is 1.64. The van der Waals surface area contributed by atoms with Gasteiger partial charge < -0.3 is 9.80 Å². The van der Waals surface area contributed by atoms with Gasteiger partial charge in [0, 0.05) is 26.3 Å². The average Bonchev–Trinajstić information content (AvgIpc) is 2.93. The Morgan fingerprint density at radius 1 is 1.15 bits per heavy atom. The Morgan fingerprint density at radius 3 is 2.65 bits per heavy atom. The van der Waals surface area contributed by atoms with Gasteiger partial charge in [-0.1, -0.05) is 0 Å². The van der Waals surface area contributed by atoms with Crippen molar-refractivity contribution in [1.29, 1.82) is 0 Å². The molecular weight excluding hydrogens is 347 g/mol. The van der Waals surface area contributed by atoms with Crippen LogP contribution in [0.1, 0.15) is 11.4 Å². The summed E-state index contributed by atoms with van der Waals surface area (Å²) in [4.78, 5) is 7.52. The average molecular weight is 363 g/mol. The van der Waals surface area contributed by atoms with Gasteiger partial charge in [-0.25, -0.2) is 4.98 Å². The molecule has 1 aliphatic heterocycles. The van der Waals surface area contributed by atoms with E-state index >= 15 is 0 Å². The summed E-state index contributed by atoms with van der Waals surface area (Å²) < 4.78 is 41.2. The van der Waals surface area contributed by atoms with Crippen LogP contribution >= 0.6 is 0 Å². The van der Waals surface area contributed by atoms with Crippen LogP contribution in [0, 0.1) is 6.92 Å². The van der Waals surface area contributed by atoms with E-state index in [0.717, 1.165) is 11.9 Å². The van der Waals surface area contributed by atoms with Gasteiger partial charge in [-0.15, -0.1) is 15.3 Å². The summed E-state index contributed by atoms with van der Waals surface area (Å²) in [6.07, 6.45) is -3.05. The van der Waals surface area contributed by atoms with Crippen molar-refractivity contribution in [3.63, 3.8) is 0 Å². The van der Waals surface area contributed by atoms with Crippen LogP contribution in [0.3, 0.4) is 0 Å². The molecule has 0 aromatic carbocycles. The van der Waals surface area contributed by atoms with Gasteiger partial charge in [0.25, 0.3) is 0 Å². The molecule has 1 fully saturated rings. The molecule has 0 bridgehead atoms. The number of rotatable bonds is 3. The Kier molecular flexibility index (Phi) is 3.70. The molecule has 0 radical (unpaired) electrons. The summed E-state index contributed by atoms with van der Waals surface area (Å²) in [5.41, 5.74) is -0.0654. The lowest BCUT2D eigenvalue weighted by Gasteiger charge is -2.45. The SMILES string of the molecule is Cc1nnc2ccc(N3CC(N(C)c4ncccc4C(F)(F)F)C3)nn12. The van der Waals surface area contributed by atoms with Crippen molar-refractivity contribution >= 4 is 17.3 Å². The summed E-state index contributed by atoms with van der Waals surface area (Å²) in [6.45, 7) is 2.93. The lowest BCUT2D eigenvalue weighted by molar-refractivity contribution is -0.137. The Labute approximate surface area is 147 Å². The van der Waals surface area contributed by atoms with Gasteiger partial charge in [-0.2, -0.15) is 17.7 Å². The summed E-state index contributed by atoms with van der Waals surface area (Å²) in [6, 6.07) is 5.93. The van der Waals surface area contributed by atoms with Crippen molar-refractivity contribution in [2.24, 2.45) is 0 Å². The highest BCUT2D eigenvalue weighted by Crippen LogP contribution is 2.36. The zero-order valence-electron chi connectivity index (χ0n) is 14.1. The summed E-state index contributed by atoms with van der Waals surface area (Å²) in [5, 5.41) is 12.4. The molecule has 3 aromatic rings. The Morgan fingerprint density at radius 2 is 1.92 bits per heavy atom. The topological polar surface area (TPSA) is 62.5 Å². The highest BCUT2D eigenvalue weighted by molar-refractivity contribution is 5.53. The summed E-state index contributed by atoms with van der Waals surface area (Å²) >= 11 is 0. The first-order chi connectivity index (χ1) is 12.3. The van der Waals surface area contributed by atoms with Crippen molar-refractivity contribution < 1.29 is 13.2 Å². The van der Waals surface area contributed by atoms with Gasteiger partial charge in [0.2, 0.25) is 0 Å². The van der Waals surface area contributed by atoms with Crippen molar-refractivity contribution in [3.05, 3.63) is 41.9 Å². The molecule has 7 nitrogen and oxygen atoms in total. The minimum Gasteiger partial charge on any atom is -0.353 e. The molecule has 4 heterocycles. The van der Waals surface area contributed by atoms with E-state index in [9.17, 15) is 13.2 Å². The fourth-order valence-electron chi connectivity index (χ4n) is 3.01. The molecule has 0 saturated carbocycles. The molecule has 0 spiro atoms. The van der Waals surface area contributed by atoms with Crippen LogP contribution < -0.4 is 9.80 Å². The number of nitrogens with zero attached hydrogens (tertiary/aromatic N) is 7. The van der Waals surface area contributed by atoms with Gasteiger partial charge in [0.1, 0.15) is 11.6 Å². The Hall–Kier alpha value is -2.91. The van der Waals surface area contributed by atoms with Crippen molar-refractivity contribution in [3.8, 4) is 0 Å². The maximum Gasteiger partial charge on any atom is 0.419 e. The van der Waals surface area contributed by atoms with Crippen LogP contribution in [0.2, 0.25) is 0 Å². The molecule has 0 amide bonds. The second-order valence-electron chi connectivity index (χ2n) is 6.25. The molecule has 0 unspecified atom stereocenters. The summed E-state index contributed by atoms with van der Waals surface area (Å²) in [5.74, 6) is 1.36. The molecule has 0 atom stereocenters. The van der Waals surface area contributed by atoms with Gasteiger partial charge in [0.05, 0.1) is 11.6 Å². The minimum atomic E-state index is -4.43. The third-order valence-electron chi connectivity index (χ3n) is 4.56. The molecule has 0 N–H and O–H groups in total. The van der Waals surface area contributed by atoms with E-state index in [2.05, 4.69) is 20.3 Å². The Bertz CT molecular complexity index is 946. The lowest BCUT2D eigenvalue weighted by Crippen LogP contribution is -2.59. The maximum absolute atomic E-state index is 13.2. The number of anilines is 2. The van der Waals surface area contributed by atoms with E-state index in [-0.39, 0.29) is 11.9 Å². The van der Waals surface area contributed by atoms with Crippen molar-refractivity contribution in [2.45, 2.75) is 19.1 Å². The molecule has 4 rings (SSSR count). The molecule has 136 valence electrons. The second kappa shape index (κ2) is 5.82. The van der Waals surface area contributed by atoms with Crippen LogP contribution in [0.4, 0.5) is 24.8 Å². The molecule has 3 aromatic heterocycles. The van der Waals surface area contributed by atoms with Gasteiger partial charge in [0.15, 0.2) is 11.5 Å². The van der Waals surface area contributed by atoms with E-state index in [0.29, 0.717) is 24.6 Å². The molecule has 1 aliphatic rings. The zero-order chi connectivity index (χ0) is 18.5. The number of pyridine rings is 1. The third-order valence-corrected chi connectivity index (χ3v) is 4.56. The largest absolute Gasteiger partial charge is 0.419 e. The monoisotopic (exact) mass is 363 g/mol. The highest BCUT2D eigenvalue weighted by atomic mass is 19.4. The normalized spacial score (nSPS) is 15.3. The lowest BCUT2D eigenvalue weighted by atomic mass is 10.1. The fraction of sp³-hybridized carbons (Fsp3) is 0.375. The van der Waals surface area contributed by atoms with E-state index in [1.165, 1.54) is 12.3 Å². The first-order valence-corrected chi connectivity index (χ1v) is 8.03. The number of alkyl halides is 3. The van der Waals surface area contributed by atoms with E-state index < -0.39 is 11.7 Å². The van der Waals surface area contributed by atoms with E-state index in [4.69, 9.17) is 0 Å². The number of aromatic nitrogens is 5. The van der Waals surface area contributed by atoms with Gasteiger partial charge in [-0.05, 0) is 31.2 Å². The van der Waals surface area contributed by atoms with Crippen molar-refractivity contribution in [2.75, 3.05) is 29.9 Å². The smallest absolute Gasteiger partial charge is 0.353 e. The predicted octanol–water partition coefficient (Wildman–Crippen LogP) is 2.17. The molecule has 26 heavy (non-hydrogen) atoms. The number of hydrogen-bond acceptors (Lipinski definition) is 6. The second-order valence-corrected chi connectivity index (χ2v) is 6.25. The highest BCUT2D eigenvalue weighted by Gasteiger charge is 2.38. The van der Waals surface area contributed by atoms with Crippen LogP contribution in [0.5, 0.6) is 0 Å². The fourth-order valence-corrected chi connectivity index (χ4v) is 3.01. The van der Waals surface area contributed by atoms with Gasteiger partial charge in [-0.3, -0.25) is 0 Å². The quantitative estimate of drug-likeness (QED) is 0.711. The maximum atomic E-state index is 13.2. The zero-order valence-corrected chi connectivity index (χ0v) is 14.1. The minimum absolute atomic E-state index is 0.0530. The van der Waals surface area contributed by atoms with E-state index in [1.807, 2.05) is 24.0 Å². The molecule has 10 heteroatoms. The van der Waals surface area contributed by atoms with Crippen molar-refractivity contribution in [1.82, 2.24) is 24.8 Å². The van der Waals surface area contributed by atoms with Crippen LogP contribution in [0.25, 0.3) is 5.65 Å².